The summed E-state index contributed by atoms with van der Waals surface area (Å²) in [5, 5.41) is 16.4. The SMILES string of the molecule is COc1ccc(C=CC(=O)Nc2cccc(-c3nn[nH]n3)c2)cc1F. The van der Waals surface area contributed by atoms with Crippen LogP contribution in [0.5, 0.6) is 5.75 Å². The van der Waals surface area contributed by atoms with Crippen LogP contribution in [0, 0.1) is 5.82 Å². The zero-order valence-electron chi connectivity index (χ0n) is 13.2. The predicted molar refractivity (Wildman–Crippen MR) is 90.2 cm³/mol. The van der Waals surface area contributed by atoms with Crippen molar-refractivity contribution in [2.45, 2.75) is 0 Å². The highest BCUT2D eigenvalue weighted by Gasteiger charge is 2.05. The fourth-order valence-corrected chi connectivity index (χ4v) is 2.16. The lowest BCUT2D eigenvalue weighted by Gasteiger charge is -2.04. The van der Waals surface area contributed by atoms with Crippen molar-refractivity contribution in [3.63, 3.8) is 0 Å². The van der Waals surface area contributed by atoms with Gasteiger partial charge in [0.2, 0.25) is 11.7 Å². The minimum atomic E-state index is -0.488. The number of aromatic nitrogens is 4. The smallest absolute Gasteiger partial charge is 0.248 e. The van der Waals surface area contributed by atoms with Crippen molar-refractivity contribution in [1.82, 2.24) is 20.6 Å². The molecule has 25 heavy (non-hydrogen) atoms. The molecule has 0 saturated carbocycles. The van der Waals surface area contributed by atoms with Crippen molar-refractivity contribution in [2.75, 3.05) is 12.4 Å². The molecule has 0 bridgehead atoms. The number of carbonyl (C=O) groups excluding carboxylic acids is 1. The van der Waals surface area contributed by atoms with Crippen LogP contribution in [-0.4, -0.2) is 33.6 Å². The molecule has 0 aliphatic carbocycles. The number of benzene rings is 2. The van der Waals surface area contributed by atoms with Crippen LogP contribution in [-0.2, 0) is 4.79 Å². The first-order chi connectivity index (χ1) is 12.2. The number of aromatic amines is 1. The van der Waals surface area contributed by atoms with E-state index in [0.29, 0.717) is 22.6 Å². The molecule has 0 radical (unpaired) electrons. The average molecular weight is 339 g/mol. The van der Waals surface area contributed by atoms with Gasteiger partial charge < -0.3 is 10.1 Å². The summed E-state index contributed by atoms with van der Waals surface area (Å²) in [5.41, 5.74) is 1.85. The molecule has 1 aromatic heterocycles. The number of amides is 1. The lowest BCUT2D eigenvalue weighted by molar-refractivity contribution is -0.111. The number of nitrogens with zero attached hydrogens (tertiary/aromatic N) is 3. The summed E-state index contributed by atoms with van der Waals surface area (Å²) in [4.78, 5) is 12.0. The van der Waals surface area contributed by atoms with E-state index in [-0.39, 0.29) is 11.7 Å². The fraction of sp³-hybridized carbons (Fsp3) is 0.0588. The number of nitrogens with one attached hydrogen (secondary N) is 2. The molecule has 0 unspecified atom stereocenters. The number of rotatable bonds is 5. The van der Waals surface area contributed by atoms with Gasteiger partial charge in [0.1, 0.15) is 0 Å². The molecule has 2 N–H and O–H groups in total. The average Bonchev–Trinajstić information content (AvgIpc) is 3.15. The summed E-state index contributed by atoms with van der Waals surface area (Å²) in [7, 11) is 1.39. The summed E-state index contributed by atoms with van der Waals surface area (Å²) in [5.74, 6) is -0.250. The Balaban J connectivity index is 1.68. The van der Waals surface area contributed by atoms with Crippen molar-refractivity contribution >= 4 is 17.7 Å². The number of hydrogen-bond donors (Lipinski definition) is 2. The van der Waals surface area contributed by atoms with Gasteiger partial charge in [-0.15, -0.1) is 10.2 Å². The minimum absolute atomic E-state index is 0.153. The molecule has 3 aromatic rings. The molecule has 3 rings (SSSR count). The van der Waals surface area contributed by atoms with Gasteiger partial charge in [-0.05, 0) is 41.1 Å². The van der Waals surface area contributed by atoms with E-state index in [1.54, 1.807) is 30.3 Å². The Morgan fingerprint density at radius 3 is 2.88 bits per heavy atom. The number of hydrogen-bond acceptors (Lipinski definition) is 5. The topological polar surface area (TPSA) is 92.8 Å². The van der Waals surface area contributed by atoms with Crippen molar-refractivity contribution in [3.8, 4) is 17.1 Å². The molecule has 0 aliphatic rings. The van der Waals surface area contributed by atoms with Gasteiger partial charge in [-0.2, -0.15) is 5.21 Å². The van der Waals surface area contributed by atoms with E-state index >= 15 is 0 Å². The third-order valence-electron chi connectivity index (χ3n) is 3.34. The second kappa shape index (κ2) is 7.35. The highest BCUT2D eigenvalue weighted by Crippen LogP contribution is 2.19. The van der Waals surface area contributed by atoms with E-state index in [4.69, 9.17) is 4.74 Å². The van der Waals surface area contributed by atoms with E-state index in [1.165, 1.54) is 31.4 Å². The maximum absolute atomic E-state index is 13.6. The third kappa shape index (κ3) is 4.05. The molecule has 0 spiro atoms. The van der Waals surface area contributed by atoms with Crippen molar-refractivity contribution in [2.24, 2.45) is 0 Å². The Labute approximate surface area is 142 Å². The molecule has 0 aliphatic heterocycles. The van der Waals surface area contributed by atoms with Crippen LogP contribution in [0.25, 0.3) is 17.5 Å². The number of tetrazole rings is 1. The Kier molecular flexibility index (Phi) is 4.79. The second-order valence-corrected chi connectivity index (χ2v) is 5.03. The van der Waals surface area contributed by atoms with Crippen LogP contribution in [0.3, 0.4) is 0 Å². The third-order valence-corrected chi connectivity index (χ3v) is 3.34. The Bertz CT molecular complexity index is 909. The molecule has 0 fully saturated rings. The zero-order valence-corrected chi connectivity index (χ0v) is 13.2. The molecule has 1 heterocycles. The van der Waals surface area contributed by atoms with Gasteiger partial charge in [0.25, 0.3) is 0 Å². The van der Waals surface area contributed by atoms with E-state index in [2.05, 4.69) is 25.9 Å². The van der Waals surface area contributed by atoms with Crippen LogP contribution in [0.1, 0.15) is 5.56 Å². The monoisotopic (exact) mass is 339 g/mol. The summed E-state index contributed by atoms with van der Waals surface area (Å²) in [6.07, 6.45) is 2.84. The predicted octanol–water partition coefficient (Wildman–Crippen LogP) is 2.67. The Morgan fingerprint density at radius 1 is 1.28 bits per heavy atom. The maximum atomic E-state index is 13.6. The van der Waals surface area contributed by atoms with Gasteiger partial charge in [-0.3, -0.25) is 4.79 Å². The highest BCUT2D eigenvalue weighted by atomic mass is 19.1. The molecule has 0 atom stereocenters. The molecular formula is C17H14FN5O2. The van der Waals surface area contributed by atoms with Crippen LogP contribution < -0.4 is 10.1 Å². The number of halogens is 1. The van der Waals surface area contributed by atoms with E-state index in [0.717, 1.165) is 0 Å². The standard InChI is InChI=1S/C17H14FN5O2/c1-25-15-7-5-11(9-14(15)18)6-8-16(24)19-13-4-2-3-12(10-13)17-20-22-23-21-17/h2-10H,1H3,(H,19,24)(H,20,21,22,23). The largest absolute Gasteiger partial charge is 0.494 e. The van der Waals surface area contributed by atoms with Gasteiger partial charge in [-0.25, -0.2) is 4.39 Å². The maximum Gasteiger partial charge on any atom is 0.248 e. The van der Waals surface area contributed by atoms with E-state index in [1.807, 2.05) is 0 Å². The lowest BCUT2D eigenvalue weighted by atomic mass is 10.2. The summed E-state index contributed by atoms with van der Waals surface area (Å²) in [6.45, 7) is 0. The minimum Gasteiger partial charge on any atom is -0.494 e. The van der Waals surface area contributed by atoms with E-state index < -0.39 is 5.82 Å². The number of methoxy groups -OCH3 is 1. The summed E-state index contributed by atoms with van der Waals surface area (Å²) >= 11 is 0. The van der Waals surface area contributed by atoms with Crippen LogP contribution in [0.2, 0.25) is 0 Å². The highest BCUT2D eigenvalue weighted by molar-refractivity contribution is 6.02. The molecule has 1 amide bonds. The van der Waals surface area contributed by atoms with Gasteiger partial charge in [-0.1, -0.05) is 18.2 Å². The number of H-pyrrole nitrogens is 1. The van der Waals surface area contributed by atoms with Crippen LogP contribution >= 0.6 is 0 Å². The van der Waals surface area contributed by atoms with E-state index in [9.17, 15) is 9.18 Å². The quantitative estimate of drug-likeness (QED) is 0.697. The van der Waals surface area contributed by atoms with Gasteiger partial charge in [0.05, 0.1) is 7.11 Å². The summed E-state index contributed by atoms with van der Waals surface area (Å²) in [6, 6.07) is 11.5. The molecule has 126 valence electrons. The molecular weight excluding hydrogens is 325 g/mol. The van der Waals surface area contributed by atoms with Crippen LogP contribution in [0.4, 0.5) is 10.1 Å². The number of anilines is 1. The molecule has 7 nitrogen and oxygen atoms in total. The van der Waals surface area contributed by atoms with Gasteiger partial charge >= 0.3 is 0 Å². The molecule has 2 aromatic carbocycles. The first-order valence-electron chi connectivity index (χ1n) is 7.32. The second-order valence-electron chi connectivity index (χ2n) is 5.03. The Hall–Kier alpha value is -3.55. The number of carbonyl (C=O) groups is 1. The first kappa shape index (κ1) is 16.3. The van der Waals surface area contributed by atoms with Crippen molar-refractivity contribution < 1.29 is 13.9 Å². The normalized spacial score (nSPS) is 10.8. The van der Waals surface area contributed by atoms with Crippen molar-refractivity contribution in [1.29, 1.82) is 0 Å². The van der Waals surface area contributed by atoms with Crippen LogP contribution in [0.15, 0.2) is 48.5 Å². The zero-order chi connectivity index (χ0) is 17.6. The lowest BCUT2D eigenvalue weighted by Crippen LogP contribution is -2.07. The molecule has 8 heteroatoms. The fourth-order valence-electron chi connectivity index (χ4n) is 2.16. The van der Waals surface area contributed by atoms with Crippen molar-refractivity contribution in [3.05, 3.63) is 59.9 Å². The number of ether oxygens (including phenoxy) is 1. The first-order valence-corrected chi connectivity index (χ1v) is 7.32. The Morgan fingerprint density at radius 2 is 2.16 bits per heavy atom. The van der Waals surface area contributed by atoms with Gasteiger partial charge in [0, 0.05) is 17.3 Å². The van der Waals surface area contributed by atoms with Gasteiger partial charge in [0.15, 0.2) is 11.6 Å². The summed E-state index contributed by atoms with van der Waals surface area (Å²) < 4.78 is 18.5. The molecule has 0 saturated heterocycles.